The molecule has 0 heterocycles. The number of nitro benzene ring substituents is 2. The number of rotatable bonds is 7. The molecule has 2 rings (SSSR count). The molecule has 1 aromatic carbocycles. The molecular weight excluding hydrogens is 262 g/mol. The first-order valence-corrected chi connectivity index (χ1v) is 6.60. The van der Waals surface area contributed by atoms with Gasteiger partial charge in [-0.2, -0.15) is 0 Å². The summed E-state index contributed by atoms with van der Waals surface area (Å²) in [4.78, 5) is 20.4. The van der Waals surface area contributed by atoms with E-state index in [9.17, 15) is 20.2 Å². The molecule has 1 fully saturated rings. The summed E-state index contributed by atoms with van der Waals surface area (Å²) in [5.74, 6) is 0. The zero-order valence-electron chi connectivity index (χ0n) is 11.3. The predicted octanol–water partition coefficient (Wildman–Crippen LogP) is 2.78. The maximum atomic E-state index is 11.0. The second-order valence-corrected chi connectivity index (χ2v) is 5.28. The largest absolute Gasteiger partial charge is 0.312 e. The summed E-state index contributed by atoms with van der Waals surface area (Å²) >= 11 is 0. The van der Waals surface area contributed by atoms with Gasteiger partial charge in [-0.1, -0.05) is 6.92 Å². The molecule has 0 atom stereocenters. The molecule has 1 N–H and O–H groups in total. The lowest BCUT2D eigenvalue weighted by molar-refractivity contribution is -0.394. The summed E-state index contributed by atoms with van der Waals surface area (Å²) in [6, 6.07) is 3.77. The van der Waals surface area contributed by atoms with Crippen molar-refractivity contribution in [3.05, 3.63) is 44.0 Å². The average Bonchev–Trinajstić information content (AvgIpc) is 3.19. The van der Waals surface area contributed by atoms with E-state index in [0.717, 1.165) is 19.0 Å². The van der Waals surface area contributed by atoms with Crippen LogP contribution in [-0.4, -0.2) is 16.4 Å². The summed E-state index contributed by atoms with van der Waals surface area (Å²) in [7, 11) is 0. The number of hydrogen-bond acceptors (Lipinski definition) is 5. The molecule has 0 bridgehead atoms. The Hall–Kier alpha value is -2.02. The molecule has 1 aliphatic carbocycles. The lowest BCUT2D eigenvalue weighted by Crippen LogP contribution is -2.23. The minimum Gasteiger partial charge on any atom is -0.312 e. The summed E-state index contributed by atoms with van der Waals surface area (Å²) in [6.07, 6.45) is 3.49. The minimum absolute atomic E-state index is 0.201. The molecule has 1 saturated carbocycles. The maximum absolute atomic E-state index is 11.0. The van der Waals surface area contributed by atoms with Crippen LogP contribution in [-0.2, 0) is 6.54 Å². The maximum Gasteiger partial charge on any atom is 0.280 e. The molecule has 20 heavy (non-hydrogen) atoms. The van der Waals surface area contributed by atoms with Crippen LogP contribution in [0.3, 0.4) is 0 Å². The second kappa shape index (κ2) is 5.54. The first-order valence-electron chi connectivity index (χ1n) is 6.60. The number of benzene rings is 1. The van der Waals surface area contributed by atoms with E-state index in [-0.39, 0.29) is 11.4 Å². The number of nitrogens with zero attached hydrogens (tertiary/aromatic N) is 2. The Labute approximate surface area is 116 Å². The molecule has 0 aliphatic heterocycles. The van der Waals surface area contributed by atoms with Crippen LogP contribution in [0.4, 0.5) is 11.4 Å². The molecule has 0 saturated heterocycles. The van der Waals surface area contributed by atoms with E-state index in [2.05, 4.69) is 12.2 Å². The molecule has 0 unspecified atom stereocenters. The molecule has 0 aromatic heterocycles. The van der Waals surface area contributed by atoms with E-state index in [1.165, 1.54) is 25.0 Å². The molecule has 0 radical (unpaired) electrons. The summed E-state index contributed by atoms with van der Waals surface area (Å²) in [6.45, 7) is 3.33. The number of non-ortho nitro benzene ring substituents is 1. The quantitative estimate of drug-likeness (QED) is 0.611. The van der Waals surface area contributed by atoms with Gasteiger partial charge in [0.1, 0.15) is 0 Å². The van der Waals surface area contributed by atoms with Crippen LogP contribution in [0.1, 0.15) is 31.7 Å². The zero-order valence-corrected chi connectivity index (χ0v) is 11.3. The normalized spacial score (nSPS) is 15.8. The van der Waals surface area contributed by atoms with Crippen LogP contribution < -0.4 is 5.32 Å². The van der Waals surface area contributed by atoms with Gasteiger partial charge in [0.15, 0.2) is 0 Å². The van der Waals surface area contributed by atoms with Crippen LogP contribution in [0, 0.1) is 25.6 Å². The molecule has 7 heteroatoms. The van der Waals surface area contributed by atoms with Gasteiger partial charge in [0.2, 0.25) is 0 Å². The highest BCUT2D eigenvalue weighted by molar-refractivity contribution is 5.49. The van der Waals surface area contributed by atoms with Crippen LogP contribution in [0.5, 0.6) is 0 Å². The van der Waals surface area contributed by atoms with Crippen molar-refractivity contribution >= 4 is 11.4 Å². The Kier molecular flexibility index (Phi) is 3.99. The highest BCUT2D eigenvalue weighted by Crippen LogP contribution is 2.47. The van der Waals surface area contributed by atoms with Crippen molar-refractivity contribution in [3.63, 3.8) is 0 Å². The molecular formula is C13H17N3O4. The van der Waals surface area contributed by atoms with E-state index in [4.69, 9.17) is 0 Å². The van der Waals surface area contributed by atoms with Gasteiger partial charge in [-0.25, -0.2) is 0 Å². The van der Waals surface area contributed by atoms with Gasteiger partial charge < -0.3 is 5.32 Å². The van der Waals surface area contributed by atoms with Gasteiger partial charge >= 0.3 is 0 Å². The zero-order chi connectivity index (χ0) is 14.8. The van der Waals surface area contributed by atoms with Crippen molar-refractivity contribution in [2.24, 2.45) is 5.41 Å². The van der Waals surface area contributed by atoms with Gasteiger partial charge in [-0.15, -0.1) is 0 Å². The highest BCUT2D eigenvalue weighted by Gasteiger charge is 2.39. The van der Waals surface area contributed by atoms with Crippen molar-refractivity contribution < 1.29 is 9.85 Å². The lowest BCUT2D eigenvalue weighted by atomic mass is 10.0. The van der Waals surface area contributed by atoms with Crippen molar-refractivity contribution in [2.45, 2.75) is 32.7 Å². The minimum atomic E-state index is -0.625. The Balaban J connectivity index is 2.06. The topological polar surface area (TPSA) is 98.3 Å². The first kappa shape index (κ1) is 14.4. The third kappa shape index (κ3) is 3.11. The van der Waals surface area contributed by atoms with Gasteiger partial charge in [0.05, 0.1) is 15.9 Å². The van der Waals surface area contributed by atoms with Crippen molar-refractivity contribution in [1.82, 2.24) is 5.32 Å². The van der Waals surface area contributed by atoms with E-state index < -0.39 is 9.85 Å². The molecule has 0 amide bonds. The Morgan fingerprint density at radius 3 is 2.45 bits per heavy atom. The number of nitrogens with one attached hydrogen (secondary N) is 1. The van der Waals surface area contributed by atoms with E-state index in [0.29, 0.717) is 17.5 Å². The van der Waals surface area contributed by atoms with Gasteiger partial charge in [-0.05, 0) is 30.7 Å². The lowest BCUT2D eigenvalue weighted by Gasteiger charge is -2.13. The summed E-state index contributed by atoms with van der Waals surface area (Å²) in [5.41, 5.74) is 0.378. The van der Waals surface area contributed by atoms with Crippen LogP contribution in [0.2, 0.25) is 0 Å². The van der Waals surface area contributed by atoms with Crippen molar-refractivity contribution in [3.8, 4) is 0 Å². The van der Waals surface area contributed by atoms with Crippen LogP contribution in [0.15, 0.2) is 18.2 Å². The van der Waals surface area contributed by atoms with Gasteiger partial charge in [-0.3, -0.25) is 20.2 Å². The molecule has 1 aromatic rings. The SMILES string of the molecule is CCC1(CNCc2ccc([N+](=O)[O-])cc2[N+](=O)[O-])CC1. The third-order valence-corrected chi connectivity index (χ3v) is 4.00. The highest BCUT2D eigenvalue weighted by atomic mass is 16.6. The van der Waals surface area contributed by atoms with E-state index >= 15 is 0 Å². The Morgan fingerprint density at radius 2 is 1.95 bits per heavy atom. The smallest absolute Gasteiger partial charge is 0.280 e. The first-order chi connectivity index (χ1) is 9.47. The molecule has 0 spiro atoms. The molecule has 1 aliphatic rings. The number of hydrogen-bond donors (Lipinski definition) is 1. The van der Waals surface area contributed by atoms with E-state index in [1.54, 1.807) is 0 Å². The average molecular weight is 279 g/mol. The van der Waals surface area contributed by atoms with E-state index in [1.807, 2.05) is 0 Å². The number of nitro groups is 2. The monoisotopic (exact) mass is 279 g/mol. The van der Waals surface area contributed by atoms with Gasteiger partial charge in [0.25, 0.3) is 11.4 Å². The fourth-order valence-corrected chi connectivity index (χ4v) is 2.28. The fourth-order valence-electron chi connectivity index (χ4n) is 2.28. The Bertz CT molecular complexity index is 540. The van der Waals surface area contributed by atoms with Crippen molar-refractivity contribution in [1.29, 1.82) is 0 Å². The summed E-state index contributed by atoms with van der Waals surface area (Å²) in [5, 5.41) is 24.9. The van der Waals surface area contributed by atoms with Gasteiger partial charge in [0, 0.05) is 24.7 Å². The Morgan fingerprint density at radius 1 is 1.25 bits per heavy atom. The van der Waals surface area contributed by atoms with Crippen molar-refractivity contribution in [2.75, 3.05) is 6.54 Å². The standard InChI is InChI=1S/C13H17N3O4/c1-2-13(5-6-13)9-14-8-10-3-4-11(15(17)18)7-12(10)16(19)20/h3-4,7,14H,2,5-6,8-9H2,1H3. The van der Waals surface area contributed by atoms with Crippen LogP contribution >= 0.6 is 0 Å². The molecule has 7 nitrogen and oxygen atoms in total. The predicted molar refractivity (Wildman–Crippen MR) is 73.4 cm³/mol. The fraction of sp³-hybridized carbons (Fsp3) is 0.538. The molecule has 108 valence electrons. The third-order valence-electron chi connectivity index (χ3n) is 4.00. The second-order valence-electron chi connectivity index (χ2n) is 5.28. The summed E-state index contributed by atoms with van der Waals surface area (Å²) < 4.78 is 0. The van der Waals surface area contributed by atoms with Crippen LogP contribution in [0.25, 0.3) is 0 Å².